The first-order valence-corrected chi connectivity index (χ1v) is 7.65. The summed E-state index contributed by atoms with van der Waals surface area (Å²) < 4.78 is 0. The minimum Gasteiger partial charge on any atom is -0.394 e. The molecule has 2 saturated heterocycles. The van der Waals surface area contributed by atoms with E-state index < -0.39 is 12.1 Å². The molecule has 6 nitrogen and oxygen atoms in total. The minimum absolute atomic E-state index is 0.195. The Morgan fingerprint density at radius 3 is 2.64 bits per heavy atom. The summed E-state index contributed by atoms with van der Waals surface area (Å²) in [7, 11) is 0. The van der Waals surface area contributed by atoms with E-state index in [1.165, 1.54) is 0 Å². The molecule has 22 heavy (non-hydrogen) atoms. The Labute approximate surface area is 133 Å². The van der Waals surface area contributed by atoms with E-state index in [0.717, 1.165) is 5.56 Å². The number of aliphatic hydroxyl groups excluding tert-OH is 1. The van der Waals surface area contributed by atoms with Crippen molar-refractivity contribution in [3.63, 3.8) is 0 Å². The van der Waals surface area contributed by atoms with E-state index >= 15 is 0 Å². The zero-order valence-electron chi connectivity index (χ0n) is 12.0. The molecular weight excluding hydrogens is 306 g/mol. The van der Waals surface area contributed by atoms with Gasteiger partial charge in [-0.15, -0.1) is 0 Å². The van der Waals surface area contributed by atoms with Crippen molar-refractivity contribution in [2.75, 3.05) is 26.2 Å². The molecule has 2 aliphatic rings. The van der Waals surface area contributed by atoms with E-state index in [0.29, 0.717) is 31.2 Å². The molecule has 2 amide bonds. The lowest BCUT2D eigenvalue weighted by atomic mass is 10.0. The number of carbonyl (C=O) groups excluding carboxylic acids is 2. The maximum absolute atomic E-state index is 12.2. The van der Waals surface area contributed by atoms with Crippen LogP contribution in [-0.2, 0) is 16.1 Å². The molecular formula is C15H18ClN3O3. The van der Waals surface area contributed by atoms with Gasteiger partial charge in [-0.25, -0.2) is 0 Å². The Balaban J connectivity index is 1.67. The topological polar surface area (TPSA) is 72.9 Å². The summed E-state index contributed by atoms with van der Waals surface area (Å²) >= 11 is 5.88. The van der Waals surface area contributed by atoms with Crippen LogP contribution in [0.5, 0.6) is 0 Å². The van der Waals surface area contributed by atoms with Gasteiger partial charge in [-0.1, -0.05) is 23.7 Å². The molecule has 2 fully saturated rings. The van der Waals surface area contributed by atoms with Gasteiger partial charge in [-0.05, 0) is 17.7 Å². The van der Waals surface area contributed by atoms with Gasteiger partial charge in [0.2, 0.25) is 11.8 Å². The predicted octanol–water partition coefficient (Wildman–Crippen LogP) is -0.156. The maximum Gasteiger partial charge on any atom is 0.248 e. The number of fused-ring (bicyclic) bond motifs is 1. The van der Waals surface area contributed by atoms with Gasteiger partial charge < -0.3 is 15.3 Å². The second-order valence-electron chi connectivity index (χ2n) is 5.65. The van der Waals surface area contributed by atoms with Gasteiger partial charge in [0, 0.05) is 31.2 Å². The molecule has 2 N–H and O–H groups in total. The molecule has 1 aromatic carbocycles. The van der Waals surface area contributed by atoms with Crippen LogP contribution in [0.1, 0.15) is 5.56 Å². The molecule has 2 aliphatic heterocycles. The van der Waals surface area contributed by atoms with Crippen molar-refractivity contribution >= 4 is 23.4 Å². The lowest BCUT2D eigenvalue weighted by Crippen LogP contribution is -2.69. The van der Waals surface area contributed by atoms with Crippen LogP contribution in [-0.4, -0.2) is 65.0 Å². The third-order valence-corrected chi connectivity index (χ3v) is 4.42. The van der Waals surface area contributed by atoms with Crippen LogP contribution in [0.4, 0.5) is 0 Å². The minimum atomic E-state index is -0.799. The van der Waals surface area contributed by atoms with E-state index in [9.17, 15) is 9.59 Å². The van der Waals surface area contributed by atoms with Crippen LogP contribution in [0, 0.1) is 0 Å². The molecule has 0 unspecified atom stereocenters. The monoisotopic (exact) mass is 323 g/mol. The fraction of sp³-hybridized carbons (Fsp3) is 0.467. The third kappa shape index (κ3) is 2.95. The fourth-order valence-electron chi connectivity index (χ4n) is 2.97. The van der Waals surface area contributed by atoms with E-state index in [4.69, 9.17) is 16.7 Å². The summed E-state index contributed by atoms with van der Waals surface area (Å²) in [5.41, 5.74) is 1.12. The van der Waals surface area contributed by atoms with Crippen molar-refractivity contribution in [1.29, 1.82) is 0 Å². The molecule has 0 bridgehead atoms. The molecule has 0 aliphatic carbocycles. The normalized spacial score (nSPS) is 25.8. The van der Waals surface area contributed by atoms with Crippen LogP contribution >= 0.6 is 11.6 Å². The molecule has 0 radical (unpaired) electrons. The number of rotatable bonds is 3. The third-order valence-electron chi connectivity index (χ3n) is 4.17. The number of carbonyl (C=O) groups is 2. The second-order valence-corrected chi connectivity index (χ2v) is 6.09. The van der Waals surface area contributed by atoms with E-state index in [1.54, 1.807) is 4.90 Å². The molecule has 2 atom stereocenters. The van der Waals surface area contributed by atoms with Gasteiger partial charge >= 0.3 is 0 Å². The number of nitrogens with zero attached hydrogens (tertiary/aromatic N) is 2. The average molecular weight is 324 g/mol. The second kappa shape index (κ2) is 6.24. The number of amides is 2. The van der Waals surface area contributed by atoms with Crippen molar-refractivity contribution in [3.05, 3.63) is 34.9 Å². The highest BCUT2D eigenvalue weighted by Gasteiger charge is 2.42. The molecule has 118 valence electrons. The summed E-state index contributed by atoms with van der Waals surface area (Å²) in [6.07, 6.45) is 0. The van der Waals surface area contributed by atoms with Crippen molar-refractivity contribution in [3.8, 4) is 0 Å². The molecule has 3 rings (SSSR count). The number of hydrogen-bond donors (Lipinski definition) is 2. The Morgan fingerprint density at radius 2 is 1.95 bits per heavy atom. The van der Waals surface area contributed by atoms with Crippen molar-refractivity contribution in [2.45, 2.75) is 18.6 Å². The van der Waals surface area contributed by atoms with Crippen LogP contribution in [0.15, 0.2) is 24.3 Å². The van der Waals surface area contributed by atoms with Crippen molar-refractivity contribution in [1.82, 2.24) is 15.1 Å². The van der Waals surface area contributed by atoms with Gasteiger partial charge in [0.1, 0.15) is 12.1 Å². The van der Waals surface area contributed by atoms with Gasteiger partial charge in [0.25, 0.3) is 0 Å². The van der Waals surface area contributed by atoms with Crippen molar-refractivity contribution in [2.24, 2.45) is 0 Å². The highest BCUT2D eigenvalue weighted by Crippen LogP contribution is 2.18. The Hall–Kier alpha value is -1.63. The van der Waals surface area contributed by atoms with Gasteiger partial charge in [-0.3, -0.25) is 14.5 Å². The van der Waals surface area contributed by atoms with Crippen LogP contribution in [0.2, 0.25) is 5.02 Å². The zero-order valence-corrected chi connectivity index (χ0v) is 12.8. The Kier molecular flexibility index (Phi) is 4.33. The largest absolute Gasteiger partial charge is 0.394 e. The number of piperazine rings is 2. The summed E-state index contributed by atoms with van der Waals surface area (Å²) in [4.78, 5) is 28.0. The Morgan fingerprint density at radius 1 is 1.23 bits per heavy atom. The quantitative estimate of drug-likeness (QED) is 0.811. The lowest BCUT2D eigenvalue weighted by molar-refractivity contribution is -0.154. The van der Waals surface area contributed by atoms with Crippen LogP contribution in [0.3, 0.4) is 0 Å². The van der Waals surface area contributed by atoms with Crippen LogP contribution < -0.4 is 5.32 Å². The van der Waals surface area contributed by atoms with E-state index in [1.807, 2.05) is 24.3 Å². The molecule has 7 heteroatoms. The molecule has 2 heterocycles. The number of nitrogens with one attached hydrogen (secondary N) is 1. The van der Waals surface area contributed by atoms with Crippen LogP contribution in [0.25, 0.3) is 0 Å². The predicted molar refractivity (Wildman–Crippen MR) is 81.2 cm³/mol. The highest BCUT2D eigenvalue weighted by atomic mass is 35.5. The van der Waals surface area contributed by atoms with E-state index in [2.05, 4.69) is 10.2 Å². The van der Waals surface area contributed by atoms with Crippen molar-refractivity contribution < 1.29 is 14.7 Å². The van der Waals surface area contributed by atoms with E-state index in [-0.39, 0.29) is 18.4 Å². The number of halogens is 1. The lowest BCUT2D eigenvalue weighted by Gasteiger charge is -2.45. The molecule has 0 aromatic heterocycles. The summed E-state index contributed by atoms with van der Waals surface area (Å²) in [5, 5.41) is 12.4. The summed E-state index contributed by atoms with van der Waals surface area (Å²) in [6, 6.07) is 6.33. The fourth-order valence-corrected chi connectivity index (χ4v) is 3.10. The number of aliphatic hydroxyl groups is 1. The summed E-state index contributed by atoms with van der Waals surface area (Å²) in [6.45, 7) is 2.06. The maximum atomic E-state index is 12.2. The molecule has 0 spiro atoms. The zero-order chi connectivity index (χ0) is 15.7. The van der Waals surface area contributed by atoms with Gasteiger partial charge in [0.15, 0.2) is 0 Å². The Bertz CT molecular complexity index is 578. The average Bonchev–Trinajstić information content (AvgIpc) is 2.53. The standard InChI is InChI=1S/C15H18ClN3O3/c16-11-3-1-10(2-4-11)7-18-5-6-19-13(8-18)14(21)17-12(9-20)15(19)22/h1-4,12-13,20H,5-9H2,(H,17,21)/t12-,13-/m1/s1. The number of benzene rings is 1. The number of hydrogen-bond acceptors (Lipinski definition) is 4. The summed E-state index contributed by atoms with van der Waals surface area (Å²) in [5.74, 6) is -0.391. The van der Waals surface area contributed by atoms with Gasteiger partial charge in [0.05, 0.1) is 6.61 Å². The SMILES string of the molecule is O=C1N[C@H](CO)C(=O)N2CCN(Cc3ccc(Cl)cc3)C[C@H]12. The first-order chi connectivity index (χ1) is 10.6. The highest BCUT2D eigenvalue weighted by molar-refractivity contribution is 6.30. The smallest absolute Gasteiger partial charge is 0.248 e. The van der Waals surface area contributed by atoms with Gasteiger partial charge in [-0.2, -0.15) is 0 Å². The molecule has 1 aromatic rings. The molecule has 0 saturated carbocycles. The first-order valence-electron chi connectivity index (χ1n) is 7.27. The first kappa shape index (κ1) is 15.3.